The van der Waals surface area contributed by atoms with E-state index < -0.39 is 0 Å². The highest BCUT2D eigenvalue weighted by molar-refractivity contribution is 6.18. The molecular formula is C8H11ClN2. The van der Waals surface area contributed by atoms with E-state index in [1.807, 2.05) is 12.1 Å². The van der Waals surface area contributed by atoms with Gasteiger partial charge >= 0.3 is 0 Å². The zero-order valence-electron chi connectivity index (χ0n) is 6.18. The zero-order chi connectivity index (χ0) is 8.27. The summed E-state index contributed by atoms with van der Waals surface area (Å²) in [7, 11) is 0. The van der Waals surface area contributed by atoms with Crippen LogP contribution in [0.25, 0.3) is 0 Å². The number of aryl methyl sites for hydroxylation is 1. The Kier molecular flexibility index (Phi) is 2.60. The molecule has 0 amide bonds. The maximum Gasteiger partial charge on any atom is 0.0550 e. The van der Waals surface area contributed by atoms with Crippen LogP contribution in [0.5, 0.6) is 0 Å². The summed E-state index contributed by atoms with van der Waals surface area (Å²) in [6.45, 7) is 0. The molecule has 1 aromatic rings. The minimum Gasteiger partial charge on any atom is -0.397 e. The van der Waals surface area contributed by atoms with Crippen LogP contribution in [0.2, 0.25) is 0 Å². The van der Waals surface area contributed by atoms with Crippen LogP contribution in [0.4, 0.5) is 11.4 Å². The van der Waals surface area contributed by atoms with Crippen LogP contribution in [-0.2, 0) is 6.42 Å². The Morgan fingerprint density at radius 3 is 2.45 bits per heavy atom. The standard InChI is InChI=1S/C8H11ClN2/c9-4-3-6-1-2-7(10)8(11)5-6/h1-2,5H,3-4,10-11H2. The van der Waals surface area contributed by atoms with Crippen LogP contribution in [-0.4, -0.2) is 5.88 Å². The number of nitrogens with two attached hydrogens (primary N) is 2. The van der Waals surface area contributed by atoms with Crippen LogP contribution in [0, 0.1) is 0 Å². The van der Waals surface area contributed by atoms with E-state index in [0.29, 0.717) is 17.3 Å². The Balaban J connectivity index is 2.86. The molecule has 0 aliphatic heterocycles. The number of rotatable bonds is 2. The van der Waals surface area contributed by atoms with E-state index in [1.54, 1.807) is 6.07 Å². The van der Waals surface area contributed by atoms with E-state index >= 15 is 0 Å². The zero-order valence-corrected chi connectivity index (χ0v) is 6.93. The van der Waals surface area contributed by atoms with Gasteiger partial charge in [0.1, 0.15) is 0 Å². The van der Waals surface area contributed by atoms with E-state index in [9.17, 15) is 0 Å². The molecule has 2 nitrogen and oxygen atoms in total. The molecule has 0 unspecified atom stereocenters. The van der Waals surface area contributed by atoms with E-state index in [2.05, 4.69) is 0 Å². The number of hydrogen-bond acceptors (Lipinski definition) is 2. The van der Waals surface area contributed by atoms with Crippen molar-refractivity contribution >= 4 is 23.0 Å². The molecule has 4 N–H and O–H groups in total. The average molecular weight is 171 g/mol. The molecule has 0 spiro atoms. The lowest BCUT2D eigenvalue weighted by molar-refractivity contribution is 1.15. The van der Waals surface area contributed by atoms with Gasteiger partial charge in [-0.2, -0.15) is 0 Å². The molecule has 0 aliphatic carbocycles. The second kappa shape index (κ2) is 3.49. The van der Waals surface area contributed by atoms with Gasteiger partial charge in [-0.25, -0.2) is 0 Å². The molecule has 0 heterocycles. The van der Waals surface area contributed by atoms with Gasteiger partial charge in [-0.15, -0.1) is 11.6 Å². The lowest BCUT2D eigenvalue weighted by Gasteiger charge is -2.02. The molecule has 0 bridgehead atoms. The Bertz CT molecular complexity index is 248. The summed E-state index contributed by atoms with van der Waals surface area (Å²) < 4.78 is 0. The summed E-state index contributed by atoms with van der Waals surface area (Å²) in [6.07, 6.45) is 0.839. The number of anilines is 2. The minimum atomic E-state index is 0.614. The Hall–Kier alpha value is -0.890. The first-order valence-electron chi connectivity index (χ1n) is 3.44. The predicted molar refractivity (Wildman–Crippen MR) is 49.7 cm³/mol. The molecule has 1 aromatic carbocycles. The van der Waals surface area contributed by atoms with E-state index in [0.717, 1.165) is 12.0 Å². The lowest BCUT2D eigenvalue weighted by atomic mass is 10.1. The van der Waals surface area contributed by atoms with Gasteiger partial charge in [0.05, 0.1) is 11.4 Å². The highest BCUT2D eigenvalue weighted by Gasteiger charge is 1.95. The van der Waals surface area contributed by atoms with Crippen LogP contribution in [0.3, 0.4) is 0 Å². The summed E-state index contributed by atoms with van der Waals surface area (Å²) >= 11 is 5.56. The number of benzene rings is 1. The number of alkyl halides is 1. The van der Waals surface area contributed by atoms with Crippen molar-refractivity contribution in [1.29, 1.82) is 0 Å². The molecule has 0 fully saturated rings. The molecular weight excluding hydrogens is 160 g/mol. The van der Waals surface area contributed by atoms with Crippen LogP contribution >= 0.6 is 11.6 Å². The summed E-state index contributed by atoms with van der Waals surface area (Å²) in [5.41, 5.74) is 13.5. The van der Waals surface area contributed by atoms with Crippen molar-refractivity contribution < 1.29 is 0 Å². The highest BCUT2D eigenvalue weighted by atomic mass is 35.5. The normalized spacial score (nSPS) is 9.91. The third-order valence-electron chi connectivity index (χ3n) is 1.53. The van der Waals surface area contributed by atoms with Gasteiger partial charge in [0, 0.05) is 5.88 Å². The van der Waals surface area contributed by atoms with Crippen LogP contribution in [0.15, 0.2) is 18.2 Å². The number of halogens is 1. The fourth-order valence-electron chi connectivity index (χ4n) is 0.889. The number of nitrogen functional groups attached to an aromatic ring is 2. The Morgan fingerprint density at radius 1 is 1.18 bits per heavy atom. The molecule has 60 valence electrons. The van der Waals surface area contributed by atoms with Crippen molar-refractivity contribution in [3.63, 3.8) is 0 Å². The molecule has 0 aromatic heterocycles. The molecule has 0 saturated heterocycles. The summed E-state index contributed by atoms with van der Waals surface area (Å²) in [6, 6.07) is 5.60. The summed E-state index contributed by atoms with van der Waals surface area (Å²) in [5, 5.41) is 0. The molecule has 1 rings (SSSR count). The van der Waals surface area contributed by atoms with Gasteiger partial charge in [0.2, 0.25) is 0 Å². The Morgan fingerprint density at radius 2 is 1.91 bits per heavy atom. The van der Waals surface area contributed by atoms with Gasteiger partial charge in [0.15, 0.2) is 0 Å². The van der Waals surface area contributed by atoms with Crippen molar-refractivity contribution in [2.75, 3.05) is 17.3 Å². The molecule has 0 radical (unpaired) electrons. The third-order valence-corrected chi connectivity index (χ3v) is 1.72. The van der Waals surface area contributed by atoms with Crippen molar-refractivity contribution in [1.82, 2.24) is 0 Å². The lowest BCUT2D eigenvalue weighted by Crippen LogP contribution is -1.96. The monoisotopic (exact) mass is 170 g/mol. The molecule has 3 heteroatoms. The van der Waals surface area contributed by atoms with Crippen molar-refractivity contribution in [2.45, 2.75) is 6.42 Å². The third kappa shape index (κ3) is 2.02. The fraction of sp³-hybridized carbons (Fsp3) is 0.250. The first-order valence-corrected chi connectivity index (χ1v) is 3.97. The van der Waals surface area contributed by atoms with Crippen molar-refractivity contribution in [3.8, 4) is 0 Å². The topological polar surface area (TPSA) is 52.0 Å². The van der Waals surface area contributed by atoms with Gasteiger partial charge in [-0.05, 0) is 24.1 Å². The van der Waals surface area contributed by atoms with Gasteiger partial charge < -0.3 is 11.5 Å². The van der Waals surface area contributed by atoms with Crippen molar-refractivity contribution in [2.24, 2.45) is 0 Å². The quantitative estimate of drug-likeness (QED) is 0.524. The molecule has 0 atom stereocenters. The van der Waals surface area contributed by atoms with E-state index in [4.69, 9.17) is 23.1 Å². The largest absolute Gasteiger partial charge is 0.397 e. The molecule has 11 heavy (non-hydrogen) atoms. The van der Waals surface area contributed by atoms with Crippen LogP contribution in [0.1, 0.15) is 5.56 Å². The second-order valence-corrected chi connectivity index (χ2v) is 2.78. The first-order chi connectivity index (χ1) is 5.24. The maximum absolute atomic E-state index is 5.58. The average Bonchev–Trinajstić information content (AvgIpc) is 1.98. The highest BCUT2D eigenvalue weighted by Crippen LogP contribution is 2.16. The SMILES string of the molecule is Nc1ccc(CCCl)cc1N. The van der Waals surface area contributed by atoms with Crippen molar-refractivity contribution in [3.05, 3.63) is 23.8 Å². The summed E-state index contributed by atoms with van der Waals surface area (Å²) in [4.78, 5) is 0. The smallest absolute Gasteiger partial charge is 0.0550 e. The van der Waals surface area contributed by atoms with E-state index in [-0.39, 0.29) is 0 Å². The van der Waals surface area contributed by atoms with E-state index in [1.165, 1.54) is 0 Å². The van der Waals surface area contributed by atoms with Gasteiger partial charge in [-0.3, -0.25) is 0 Å². The number of hydrogen-bond donors (Lipinski definition) is 2. The Labute approximate surface area is 71.1 Å². The molecule has 0 saturated carbocycles. The van der Waals surface area contributed by atoms with Gasteiger partial charge in [0.25, 0.3) is 0 Å². The minimum absolute atomic E-state index is 0.614. The maximum atomic E-state index is 5.58. The predicted octanol–water partition coefficient (Wildman–Crippen LogP) is 1.63. The second-order valence-electron chi connectivity index (χ2n) is 2.40. The van der Waals surface area contributed by atoms with Gasteiger partial charge in [-0.1, -0.05) is 6.07 Å². The first kappa shape index (κ1) is 8.21. The molecule has 0 aliphatic rings. The fourth-order valence-corrected chi connectivity index (χ4v) is 1.11. The summed E-state index contributed by atoms with van der Waals surface area (Å²) in [5.74, 6) is 0.614. The van der Waals surface area contributed by atoms with Crippen LogP contribution < -0.4 is 11.5 Å².